The summed E-state index contributed by atoms with van der Waals surface area (Å²) in [5.41, 5.74) is 2.30. The molecule has 7 heteroatoms. The summed E-state index contributed by atoms with van der Waals surface area (Å²) in [6, 6.07) is 17.0. The molecule has 28 heavy (non-hydrogen) atoms. The number of rotatable bonds is 8. The molecule has 144 valence electrons. The summed E-state index contributed by atoms with van der Waals surface area (Å²) >= 11 is 1.37. The Morgan fingerprint density at radius 3 is 2.57 bits per heavy atom. The van der Waals surface area contributed by atoms with Gasteiger partial charge in [0.2, 0.25) is 11.0 Å². The van der Waals surface area contributed by atoms with Crippen molar-refractivity contribution in [2.75, 3.05) is 10.6 Å². The molecular formula is C21H22N4O2S. The average molecular weight is 395 g/mol. The third-order valence-corrected chi connectivity index (χ3v) is 4.94. The Balaban J connectivity index is 1.57. The number of nitrogens with one attached hydrogen (secondary N) is 2. The largest absolute Gasteiger partial charge is 0.326 e. The predicted molar refractivity (Wildman–Crippen MR) is 112 cm³/mol. The second kappa shape index (κ2) is 9.75. The van der Waals surface area contributed by atoms with Crippen molar-refractivity contribution >= 4 is 34.0 Å². The monoisotopic (exact) mass is 394 g/mol. The summed E-state index contributed by atoms with van der Waals surface area (Å²) in [6.45, 7) is 1.94. The lowest BCUT2D eigenvalue weighted by molar-refractivity contribution is -0.116. The van der Waals surface area contributed by atoms with E-state index >= 15 is 0 Å². The first kappa shape index (κ1) is 19.7. The van der Waals surface area contributed by atoms with Gasteiger partial charge >= 0.3 is 0 Å². The van der Waals surface area contributed by atoms with E-state index in [1.54, 1.807) is 24.3 Å². The molecular weight excluding hydrogens is 372 g/mol. The van der Waals surface area contributed by atoms with Crippen molar-refractivity contribution in [3.05, 3.63) is 70.7 Å². The smallest absolute Gasteiger partial charge is 0.257 e. The van der Waals surface area contributed by atoms with E-state index in [1.165, 1.54) is 16.9 Å². The van der Waals surface area contributed by atoms with Gasteiger partial charge in [-0.15, -0.1) is 10.2 Å². The fourth-order valence-electron chi connectivity index (χ4n) is 2.66. The van der Waals surface area contributed by atoms with Crippen LogP contribution in [0, 0.1) is 0 Å². The number of aromatic nitrogens is 2. The molecule has 3 rings (SSSR count). The van der Waals surface area contributed by atoms with Gasteiger partial charge in [0.25, 0.3) is 5.91 Å². The highest BCUT2D eigenvalue weighted by Crippen LogP contribution is 2.19. The SMILES string of the molecule is CCCC(=O)Nc1cccc(C(=O)Nc2nnc(CCc3ccccc3)s2)c1. The second-order valence-electron chi connectivity index (χ2n) is 6.32. The molecule has 0 fully saturated rings. The zero-order valence-electron chi connectivity index (χ0n) is 15.6. The minimum atomic E-state index is -0.280. The predicted octanol–water partition coefficient (Wildman–Crippen LogP) is 4.31. The molecule has 3 aromatic rings. The lowest BCUT2D eigenvalue weighted by Gasteiger charge is -2.06. The van der Waals surface area contributed by atoms with E-state index in [0.29, 0.717) is 22.8 Å². The fourth-order valence-corrected chi connectivity index (χ4v) is 3.39. The molecule has 0 saturated heterocycles. The molecule has 2 aromatic carbocycles. The molecule has 0 atom stereocenters. The number of hydrogen-bond donors (Lipinski definition) is 2. The zero-order valence-corrected chi connectivity index (χ0v) is 16.5. The summed E-state index contributed by atoms with van der Waals surface area (Å²) in [4.78, 5) is 24.2. The van der Waals surface area contributed by atoms with Gasteiger partial charge in [-0.2, -0.15) is 0 Å². The molecule has 0 aliphatic carbocycles. The van der Waals surface area contributed by atoms with E-state index in [0.717, 1.165) is 24.3 Å². The standard InChI is InChI=1S/C21H22N4O2S/c1-2-7-18(26)22-17-11-6-10-16(14-17)20(27)23-21-25-24-19(28-21)13-12-15-8-4-3-5-9-15/h3-6,8-11,14H,2,7,12-13H2,1H3,(H,22,26)(H,23,25,27). The molecule has 0 spiro atoms. The van der Waals surface area contributed by atoms with Gasteiger partial charge in [-0.1, -0.05) is 54.7 Å². The second-order valence-corrected chi connectivity index (χ2v) is 7.38. The molecule has 1 heterocycles. The Bertz CT molecular complexity index is 940. The minimum Gasteiger partial charge on any atom is -0.326 e. The highest BCUT2D eigenvalue weighted by atomic mass is 32.1. The van der Waals surface area contributed by atoms with Gasteiger partial charge in [-0.05, 0) is 36.6 Å². The van der Waals surface area contributed by atoms with Gasteiger partial charge < -0.3 is 5.32 Å². The summed E-state index contributed by atoms with van der Waals surface area (Å²) < 4.78 is 0. The fraction of sp³-hybridized carbons (Fsp3) is 0.238. The minimum absolute atomic E-state index is 0.0627. The lowest BCUT2D eigenvalue weighted by atomic mass is 10.1. The first-order chi connectivity index (χ1) is 13.6. The summed E-state index contributed by atoms with van der Waals surface area (Å²) in [6.07, 6.45) is 2.88. The van der Waals surface area contributed by atoms with Gasteiger partial charge in [0, 0.05) is 24.1 Å². The van der Waals surface area contributed by atoms with Crippen LogP contribution < -0.4 is 10.6 Å². The molecule has 1 aromatic heterocycles. The Morgan fingerprint density at radius 2 is 1.79 bits per heavy atom. The number of anilines is 2. The summed E-state index contributed by atoms with van der Waals surface area (Å²) in [7, 11) is 0. The van der Waals surface area contributed by atoms with Crippen molar-refractivity contribution in [2.45, 2.75) is 32.6 Å². The first-order valence-electron chi connectivity index (χ1n) is 9.21. The van der Waals surface area contributed by atoms with Crippen LogP contribution in [0.4, 0.5) is 10.8 Å². The average Bonchev–Trinajstić information content (AvgIpc) is 3.15. The van der Waals surface area contributed by atoms with Crippen LogP contribution in [0.2, 0.25) is 0 Å². The van der Waals surface area contributed by atoms with Crippen LogP contribution in [0.15, 0.2) is 54.6 Å². The molecule has 0 saturated carbocycles. The third kappa shape index (κ3) is 5.72. The van der Waals surface area contributed by atoms with Crippen molar-refractivity contribution in [3.63, 3.8) is 0 Å². The van der Waals surface area contributed by atoms with Gasteiger partial charge in [0.05, 0.1) is 0 Å². The van der Waals surface area contributed by atoms with Crippen molar-refractivity contribution in [1.29, 1.82) is 0 Å². The van der Waals surface area contributed by atoms with Gasteiger partial charge in [0.1, 0.15) is 5.01 Å². The Labute approximate surface area is 168 Å². The summed E-state index contributed by atoms with van der Waals surface area (Å²) in [5.74, 6) is -0.343. The molecule has 0 radical (unpaired) electrons. The Morgan fingerprint density at radius 1 is 0.964 bits per heavy atom. The van der Waals surface area contributed by atoms with Crippen LogP contribution in [0.1, 0.15) is 40.7 Å². The van der Waals surface area contributed by atoms with Crippen molar-refractivity contribution in [2.24, 2.45) is 0 Å². The molecule has 0 unspecified atom stereocenters. The number of carbonyl (C=O) groups is 2. The lowest BCUT2D eigenvalue weighted by Crippen LogP contribution is -2.14. The number of hydrogen-bond acceptors (Lipinski definition) is 5. The Hall–Kier alpha value is -3.06. The molecule has 0 aliphatic heterocycles. The van der Waals surface area contributed by atoms with Crippen molar-refractivity contribution in [3.8, 4) is 0 Å². The van der Waals surface area contributed by atoms with Crippen LogP contribution in [-0.2, 0) is 17.6 Å². The summed E-state index contributed by atoms with van der Waals surface area (Å²) in [5, 5.41) is 15.1. The zero-order chi connectivity index (χ0) is 19.8. The van der Waals surface area contributed by atoms with Crippen LogP contribution in [0.25, 0.3) is 0 Å². The first-order valence-corrected chi connectivity index (χ1v) is 10.0. The molecule has 6 nitrogen and oxygen atoms in total. The van der Waals surface area contributed by atoms with E-state index in [-0.39, 0.29) is 11.8 Å². The topological polar surface area (TPSA) is 84.0 Å². The molecule has 2 amide bonds. The number of benzene rings is 2. The highest BCUT2D eigenvalue weighted by molar-refractivity contribution is 7.15. The van der Waals surface area contributed by atoms with Crippen LogP contribution in [-0.4, -0.2) is 22.0 Å². The quantitative estimate of drug-likeness (QED) is 0.596. The van der Waals surface area contributed by atoms with E-state index in [2.05, 4.69) is 33.0 Å². The molecule has 2 N–H and O–H groups in total. The van der Waals surface area contributed by atoms with E-state index in [1.807, 2.05) is 25.1 Å². The number of aryl methyl sites for hydroxylation is 2. The normalized spacial score (nSPS) is 10.5. The maximum absolute atomic E-state index is 12.5. The maximum atomic E-state index is 12.5. The van der Waals surface area contributed by atoms with Gasteiger partial charge in [0.15, 0.2) is 0 Å². The van der Waals surface area contributed by atoms with Crippen LogP contribution in [0.3, 0.4) is 0 Å². The maximum Gasteiger partial charge on any atom is 0.257 e. The van der Waals surface area contributed by atoms with E-state index in [4.69, 9.17) is 0 Å². The van der Waals surface area contributed by atoms with Crippen LogP contribution in [0.5, 0.6) is 0 Å². The van der Waals surface area contributed by atoms with E-state index in [9.17, 15) is 9.59 Å². The van der Waals surface area contributed by atoms with Crippen molar-refractivity contribution < 1.29 is 9.59 Å². The van der Waals surface area contributed by atoms with Crippen LogP contribution >= 0.6 is 11.3 Å². The van der Waals surface area contributed by atoms with Gasteiger partial charge in [-0.25, -0.2) is 0 Å². The number of carbonyl (C=O) groups excluding carboxylic acids is 2. The van der Waals surface area contributed by atoms with E-state index < -0.39 is 0 Å². The van der Waals surface area contributed by atoms with Crippen molar-refractivity contribution in [1.82, 2.24) is 10.2 Å². The number of nitrogens with zero attached hydrogens (tertiary/aromatic N) is 2. The highest BCUT2D eigenvalue weighted by Gasteiger charge is 2.11. The third-order valence-electron chi connectivity index (χ3n) is 4.04. The Kier molecular flexibility index (Phi) is 6.86. The number of amides is 2. The van der Waals surface area contributed by atoms with Gasteiger partial charge in [-0.3, -0.25) is 14.9 Å². The molecule has 0 aliphatic rings. The molecule has 0 bridgehead atoms.